The number of rotatable bonds is 5. The van der Waals surface area contributed by atoms with Crippen LogP contribution in [0.1, 0.15) is 30.0 Å². The Kier molecular flexibility index (Phi) is 5.52. The number of anilines is 2. The van der Waals surface area contributed by atoms with Gasteiger partial charge in [0.25, 0.3) is 0 Å². The molecule has 2 aromatic rings. The molecule has 0 aliphatic carbocycles. The number of carbonyl (C=O) groups is 2. The fourth-order valence-electron chi connectivity index (χ4n) is 2.20. The summed E-state index contributed by atoms with van der Waals surface area (Å²) in [5, 5.41) is 5.48. The Morgan fingerprint density at radius 1 is 0.826 bits per heavy atom. The molecule has 2 amide bonds. The van der Waals surface area contributed by atoms with Crippen molar-refractivity contribution in [1.82, 2.24) is 0 Å². The maximum Gasteiger partial charge on any atom is 0.233 e. The minimum atomic E-state index is -0.324. The topological polar surface area (TPSA) is 58.2 Å². The second kappa shape index (κ2) is 7.58. The van der Waals surface area contributed by atoms with Gasteiger partial charge in [-0.25, -0.2) is 0 Å². The van der Waals surface area contributed by atoms with Crippen LogP contribution in [0.5, 0.6) is 0 Å². The molecule has 0 aliphatic rings. The van der Waals surface area contributed by atoms with Crippen LogP contribution in [-0.4, -0.2) is 11.8 Å². The quantitative estimate of drug-likeness (QED) is 0.825. The molecule has 0 aromatic heterocycles. The molecule has 0 saturated heterocycles. The van der Waals surface area contributed by atoms with E-state index in [2.05, 4.69) is 17.6 Å². The first-order chi connectivity index (χ1) is 11.0. The fourth-order valence-corrected chi connectivity index (χ4v) is 2.20. The Hall–Kier alpha value is -2.62. The summed E-state index contributed by atoms with van der Waals surface area (Å²) < 4.78 is 0. The molecular formula is C19H22N2O2. The fraction of sp³-hybridized carbons (Fsp3) is 0.263. The highest BCUT2D eigenvalue weighted by atomic mass is 16.2. The van der Waals surface area contributed by atoms with Crippen molar-refractivity contribution in [2.24, 2.45) is 0 Å². The zero-order valence-electron chi connectivity index (χ0n) is 13.8. The lowest BCUT2D eigenvalue weighted by Crippen LogP contribution is -2.21. The van der Waals surface area contributed by atoms with E-state index in [1.54, 1.807) is 0 Å². The summed E-state index contributed by atoms with van der Waals surface area (Å²) in [6.07, 6.45) is 0.745. The van der Waals surface area contributed by atoms with Crippen molar-refractivity contribution in [3.63, 3.8) is 0 Å². The molecule has 0 bridgehead atoms. The Balaban J connectivity index is 1.88. The van der Waals surface area contributed by atoms with E-state index in [0.717, 1.165) is 17.5 Å². The van der Waals surface area contributed by atoms with Crippen molar-refractivity contribution in [2.75, 3.05) is 10.6 Å². The lowest BCUT2D eigenvalue weighted by Gasteiger charge is -2.08. The van der Waals surface area contributed by atoms with Crippen molar-refractivity contribution >= 4 is 23.2 Å². The van der Waals surface area contributed by atoms with Gasteiger partial charge in [-0.2, -0.15) is 0 Å². The van der Waals surface area contributed by atoms with E-state index >= 15 is 0 Å². The van der Waals surface area contributed by atoms with Crippen LogP contribution in [0, 0.1) is 13.8 Å². The molecular weight excluding hydrogens is 288 g/mol. The van der Waals surface area contributed by atoms with Gasteiger partial charge in [0.1, 0.15) is 6.42 Å². The normalized spacial score (nSPS) is 10.2. The van der Waals surface area contributed by atoms with Crippen LogP contribution in [0.4, 0.5) is 11.4 Å². The third kappa shape index (κ3) is 4.95. The van der Waals surface area contributed by atoms with Crippen LogP contribution >= 0.6 is 0 Å². The van der Waals surface area contributed by atoms with E-state index in [1.165, 1.54) is 5.56 Å². The third-order valence-corrected chi connectivity index (χ3v) is 3.76. The summed E-state index contributed by atoms with van der Waals surface area (Å²) in [6, 6.07) is 13.3. The molecule has 0 aliphatic heterocycles. The smallest absolute Gasteiger partial charge is 0.233 e. The van der Waals surface area contributed by atoms with E-state index < -0.39 is 0 Å². The zero-order valence-corrected chi connectivity index (χ0v) is 13.8. The second-order valence-electron chi connectivity index (χ2n) is 5.62. The van der Waals surface area contributed by atoms with Crippen LogP contribution in [0.15, 0.2) is 42.5 Å². The van der Waals surface area contributed by atoms with Gasteiger partial charge in [0.2, 0.25) is 11.8 Å². The Bertz CT molecular complexity index is 706. The maximum absolute atomic E-state index is 11.9. The van der Waals surface area contributed by atoms with Crippen LogP contribution in [-0.2, 0) is 16.0 Å². The molecule has 0 atom stereocenters. The second-order valence-corrected chi connectivity index (χ2v) is 5.62. The van der Waals surface area contributed by atoms with Crippen molar-refractivity contribution in [1.29, 1.82) is 0 Å². The number of carbonyl (C=O) groups excluding carboxylic acids is 2. The molecule has 4 nitrogen and oxygen atoms in total. The van der Waals surface area contributed by atoms with Gasteiger partial charge >= 0.3 is 0 Å². The van der Waals surface area contributed by atoms with Crippen molar-refractivity contribution in [3.05, 3.63) is 59.2 Å². The average molecular weight is 310 g/mol. The maximum atomic E-state index is 11.9. The molecule has 2 aromatic carbocycles. The van der Waals surface area contributed by atoms with Gasteiger partial charge in [-0.15, -0.1) is 0 Å². The molecule has 0 spiro atoms. The molecule has 0 heterocycles. The number of amides is 2. The molecule has 2 N–H and O–H groups in total. The number of nitrogens with one attached hydrogen (secondary N) is 2. The Labute approximate surface area is 136 Å². The molecule has 120 valence electrons. The van der Waals surface area contributed by atoms with E-state index in [4.69, 9.17) is 0 Å². The van der Waals surface area contributed by atoms with Gasteiger partial charge in [-0.05, 0) is 61.2 Å². The number of hydrogen-bond donors (Lipinski definition) is 2. The largest absolute Gasteiger partial charge is 0.326 e. The van der Waals surface area contributed by atoms with E-state index in [1.807, 2.05) is 56.3 Å². The van der Waals surface area contributed by atoms with E-state index in [9.17, 15) is 9.59 Å². The van der Waals surface area contributed by atoms with E-state index in [-0.39, 0.29) is 18.2 Å². The summed E-state index contributed by atoms with van der Waals surface area (Å²) in [6.45, 7) is 6.07. The van der Waals surface area contributed by atoms with Gasteiger partial charge in [0.05, 0.1) is 0 Å². The minimum Gasteiger partial charge on any atom is -0.326 e. The minimum absolute atomic E-state index is 0.206. The summed E-state index contributed by atoms with van der Waals surface area (Å²) in [5.74, 6) is -0.647. The van der Waals surface area contributed by atoms with Gasteiger partial charge < -0.3 is 10.6 Å². The molecule has 0 unspecified atom stereocenters. The summed E-state index contributed by atoms with van der Waals surface area (Å²) in [5.41, 5.74) is 4.87. The van der Waals surface area contributed by atoms with Crippen LogP contribution in [0.2, 0.25) is 0 Å². The number of aryl methyl sites for hydroxylation is 3. The number of benzene rings is 2. The Morgan fingerprint density at radius 2 is 1.39 bits per heavy atom. The highest BCUT2D eigenvalue weighted by Gasteiger charge is 2.10. The highest BCUT2D eigenvalue weighted by molar-refractivity contribution is 6.08. The first-order valence-electron chi connectivity index (χ1n) is 7.74. The van der Waals surface area contributed by atoms with Crippen molar-refractivity contribution < 1.29 is 9.59 Å². The van der Waals surface area contributed by atoms with Gasteiger partial charge in [-0.1, -0.05) is 25.1 Å². The van der Waals surface area contributed by atoms with Gasteiger partial charge in [0, 0.05) is 11.4 Å². The first kappa shape index (κ1) is 16.7. The molecule has 0 fully saturated rings. The summed E-state index contributed by atoms with van der Waals surface area (Å²) in [7, 11) is 0. The van der Waals surface area contributed by atoms with Crippen molar-refractivity contribution in [3.8, 4) is 0 Å². The predicted molar refractivity (Wildman–Crippen MR) is 93.6 cm³/mol. The first-order valence-corrected chi connectivity index (χ1v) is 7.74. The Morgan fingerprint density at radius 3 is 1.96 bits per heavy atom. The highest BCUT2D eigenvalue weighted by Crippen LogP contribution is 2.15. The summed E-state index contributed by atoms with van der Waals surface area (Å²) in [4.78, 5) is 23.9. The van der Waals surface area contributed by atoms with Crippen LogP contribution < -0.4 is 10.6 Å². The lowest BCUT2D eigenvalue weighted by molar-refractivity contribution is -0.123. The van der Waals surface area contributed by atoms with Crippen LogP contribution in [0.3, 0.4) is 0 Å². The SMILES string of the molecule is CCc1ccc(NC(=O)CC(=O)Nc2ccc(C)c(C)c2)cc1. The molecule has 4 heteroatoms. The summed E-state index contributed by atoms with van der Waals surface area (Å²) >= 11 is 0. The van der Waals surface area contributed by atoms with Crippen LogP contribution in [0.25, 0.3) is 0 Å². The van der Waals surface area contributed by atoms with Gasteiger partial charge in [0.15, 0.2) is 0 Å². The zero-order chi connectivity index (χ0) is 16.8. The van der Waals surface area contributed by atoms with Gasteiger partial charge in [-0.3, -0.25) is 9.59 Å². The average Bonchev–Trinajstić information content (AvgIpc) is 2.51. The van der Waals surface area contributed by atoms with E-state index in [0.29, 0.717) is 11.4 Å². The predicted octanol–water partition coefficient (Wildman–Crippen LogP) is 3.83. The lowest BCUT2D eigenvalue weighted by atomic mass is 10.1. The third-order valence-electron chi connectivity index (χ3n) is 3.76. The monoisotopic (exact) mass is 310 g/mol. The molecule has 0 radical (unpaired) electrons. The number of hydrogen-bond acceptors (Lipinski definition) is 2. The molecule has 23 heavy (non-hydrogen) atoms. The standard InChI is InChI=1S/C19H22N2O2/c1-4-15-6-9-16(10-7-15)20-18(22)12-19(23)21-17-8-5-13(2)14(3)11-17/h5-11H,4,12H2,1-3H3,(H,20,22)(H,21,23). The molecule has 2 rings (SSSR count). The van der Waals surface area contributed by atoms with Crippen molar-refractivity contribution in [2.45, 2.75) is 33.6 Å². The molecule has 0 saturated carbocycles.